The molecule has 0 unspecified atom stereocenters. The van der Waals surface area contributed by atoms with Crippen LogP contribution in [0.25, 0.3) is 5.69 Å². The van der Waals surface area contributed by atoms with E-state index in [-0.39, 0.29) is 10.6 Å². The van der Waals surface area contributed by atoms with Gasteiger partial charge in [0.25, 0.3) is 15.9 Å². The number of imidazole rings is 1. The number of hydrogen-bond acceptors (Lipinski definition) is 4. The number of benzene rings is 2. The highest BCUT2D eigenvalue weighted by atomic mass is 35.5. The molecule has 0 saturated heterocycles. The van der Waals surface area contributed by atoms with Crippen molar-refractivity contribution in [3.05, 3.63) is 76.8 Å². The Morgan fingerprint density at radius 3 is 2.32 bits per heavy atom. The molecule has 0 fully saturated rings. The molecule has 1 heterocycles. The Morgan fingerprint density at radius 2 is 1.68 bits per heavy atom. The minimum atomic E-state index is -3.97. The van der Waals surface area contributed by atoms with Gasteiger partial charge in [0.05, 0.1) is 4.90 Å². The van der Waals surface area contributed by atoms with Crippen LogP contribution in [-0.4, -0.2) is 23.9 Å². The molecule has 2 aromatic carbocycles. The minimum absolute atomic E-state index is 0.00981. The van der Waals surface area contributed by atoms with E-state index < -0.39 is 15.9 Å². The van der Waals surface area contributed by atoms with Crippen molar-refractivity contribution < 1.29 is 13.2 Å². The monoisotopic (exact) mass is 395 g/mol. The molecule has 0 bridgehead atoms. The summed E-state index contributed by atoms with van der Waals surface area (Å²) in [7, 11) is -3.97. The van der Waals surface area contributed by atoms with Gasteiger partial charge < -0.3 is 4.57 Å². The molecule has 1 N–H and O–H groups in total. The average Bonchev–Trinajstić information content (AvgIpc) is 3.04. The molecule has 0 radical (unpaired) electrons. The summed E-state index contributed by atoms with van der Waals surface area (Å²) in [6.07, 6.45) is 2.75. The Bertz CT molecular complexity index is 1010. The van der Waals surface area contributed by atoms with Gasteiger partial charge in [-0.05, 0) is 30.3 Å². The average molecular weight is 396 g/mol. The molecule has 9 heteroatoms. The summed E-state index contributed by atoms with van der Waals surface area (Å²) in [6.45, 7) is 0. The van der Waals surface area contributed by atoms with Crippen LogP contribution >= 0.6 is 23.2 Å². The van der Waals surface area contributed by atoms with Gasteiger partial charge in [0, 0.05) is 21.9 Å². The van der Waals surface area contributed by atoms with E-state index in [1.165, 1.54) is 29.2 Å². The molecule has 0 aliphatic rings. The van der Waals surface area contributed by atoms with Crippen molar-refractivity contribution in [1.29, 1.82) is 0 Å². The van der Waals surface area contributed by atoms with Gasteiger partial charge >= 0.3 is 0 Å². The van der Waals surface area contributed by atoms with Crippen molar-refractivity contribution in [2.45, 2.75) is 4.90 Å². The molecule has 128 valence electrons. The predicted octanol–water partition coefficient (Wildman–Crippen LogP) is 3.30. The second kappa shape index (κ2) is 6.87. The minimum Gasteiger partial charge on any atom is -0.305 e. The molecular weight excluding hydrogens is 385 g/mol. The fourth-order valence-electron chi connectivity index (χ4n) is 2.10. The SMILES string of the molecule is O=C(NS(=O)(=O)c1ccccc1)c1cn(-c2cc(Cl)cc(Cl)c2)cn1. The van der Waals surface area contributed by atoms with Gasteiger partial charge in [-0.15, -0.1) is 0 Å². The summed E-state index contributed by atoms with van der Waals surface area (Å²) in [5.41, 5.74) is 0.533. The lowest BCUT2D eigenvalue weighted by molar-refractivity contribution is 0.0977. The first kappa shape index (κ1) is 17.5. The maximum atomic E-state index is 12.2. The molecule has 0 saturated carbocycles. The molecule has 25 heavy (non-hydrogen) atoms. The summed E-state index contributed by atoms with van der Waals surface area (Å²) < 4.78 is 27.9. The molecule has 0 spiro atoms. The predicted molar refractivity (Wildman–Crippen MR) is 94.7 cm³/mol. The largest absolute Gasteiger partial charge is 0.305 e. The second-order valence-electron chi connectivity index (χ2n) is 5.04. The Balaban J connectivity index is 1.84. The zero-order valence-electron chi connectivity index (χ0n) is 12.6. The van der Waals surface area contributed by atoms with Crippen LogP contribution in [0.15, 0.2) is 66.0 Å². The Labute approximate surface area is 154 Å². The quantitative estimate of drug-likeness (QED) is 0.734. The van der Waals surface area contributed by atoms with E-state index in [0.29, 0.717) is 15.7 Å². The first-order valence-corrected chi connectivity index (χ1v) is 9.22. The number of carbonyl (C=O) groups is 1. The zero-order chi connectivity index (χ0) is 18.0. The van der Waals surface area contributed by atoms with Crippen LogP contribution in [-0.2, 0) is 10.0 Å². The van der Waals surface area contributed by atoms with E-state index in [1.807, 2.05) is 4.72 Å². The number of carbonyl (C=O) groups excluding carboxylic acids is 1. The third-order valence-corrected chi connectivity index (χ3v) is 5.02. The van der Waals surface area contributed by atoms with Gasteiger partial charge in [-0.1, -0.05) is 41.4 Å². The van der Waals surface area contributed by atoms with E-state index in [0.717, 1.165) is 0 Å². The number of nitrogens with one attached hydrogen (secondary N) is 1. The third kappa shape index (κ3) is 4.01. The highest BCUT2D eigenvalue weighted by molar-refractivity contribution is 7.90. The number of amides is 1. The second-order valence-corrected chi connectivity index (χ2v) is 7.60. The van der Waals surface area contributed by atoms with Gasteiger partial charge in [0.2, 0.25) is 0 Å². The van der Waals surface area contributed by atoms with Crippen LogP contribution in [0.1, 0.15) is 10.5 Å². The van der Waals surface area contributed by atoms with Crippen molar-refractivity contribution in [1.82, 2.24) is 14.3 Å². The lowest BCUT2D eigenvalue weighted by Gasteiger charge is -2.05. The van der Waals surface area contributed by atoms with Gasteiger partial charge in [0.1, 0.15) is 12.0 Å². The molecule has 6 nitrogen and oxygen atoms in total. The Kier molecular flexibility index (Phi) is 4.80. The van der Waals surface area contributed by atoms with Crippen LogP contribution in [0.3, 0.4) is 0 Å². The van der Waals surface area contributed by atoms with Crippen molar-refractivity contribution >= 4 is 39.1 Å². The van der Waals surface area contributed by atoms with Crippen LogP contribution in [0.4, 0.5) is 0 Å². The number of sulfonamides is 1. The lowest BCUT2D eigenvalue weighted by Crippen LogP contribution is -2.30. The first-order valence-electron chi connectivity index (χ1n) is 6.98. The molecule has 0 aliphatic carbocycles. The van der Waals surface area contributed by atoms with Crippen molar-refractivity contribution in [3.8, 4) is 5.69 Å². The molecule has 0 atom stereocenters. The number of rotatable bonds is 4. The number of halogens is 2. The third-order valence-electron chi connectivity index (χ3n) is 3.24. The zero-order valence-corrected chi connectivity index (χ0v) is 14.9. The molecule has 3 rings (SSSR count). The smallest absolute Gasteiger partial charge is 0.285 e. The summed E-state index contributed by atoms with van der Waals surface area (Å²) in [5, 5.41) is 0.850. The Morgan fingerprint density at radius 1 is 1.04 bits per heavy atom. The fourth-order valence-corrected chi connectivity index (χ4v) is 3.60. The van der Waals surface area contributed by atoms with Crippen LogP contribution in [0.2, 0.25) is 10.0 Å². The molecular formula is C16H11Cl2N3O3S. The summed E-state index contributed by atoms with van der Waals surface area (Å²) in [5.74, 6) is -0.837. The number of aromatic nitrogens is 2. The van der Waals surface area contributed by atoms with Gasteiger partial charge in [0.15, 0.2) is 0 Å². The van der Waals surface area contributed by atoms with Crippen molar-refractivity contribution in [2.75, 3.05) is 0 Å². The maximum absolute atomic E-state index is 12.2. The van der Waals surface area contributed by atoms with Gasteiger partial charge in [-0.3, -0.25) is 4.79 Å². The van der Waals surface area contributed by atoms with Gasteiger partial charge in [-0.2, -0.15) is 0 Å². The summed E-state index contributed by atoms with van der Waals surface area (Å²) >= 11 is 11.9. The van der Waals surface area contributed by atoms with Crippen molar-refractivity contribution in [2.24, 2.45) is 0 Å². The maximum Gasteiger partial charge on any atom is 0.285 e. The molecule has 1 amide bonds. The number of nitrogens with zero attached hydrogens (tertiary/aromatic N) is 2. The first-order chi connectivity index (χ1) is 11.8. The normalized spacial score (nSPS) is 11.3. The lowest BCUT2D eigenvalue weighted by atomic mass is 10.3. The fraction of sp³-hybridized carbons (Fsp3) is 0. The van der Waals surface area contributed by atoms with Crippen LogP contribution in [0, 0.1) is 0 Å². The van der Waals surface area contributed by atoms with Gasteiger partial charge in [-0.25, -0.2) is 18.1 Å². The summed E-state index contributed by atoms with van der Waals surface area (Å²) in [4.78, 5) is 16.1. The Hall–Kier alpha value is -2.35. The number of hydrogen-bond donors (Lipinski definition) is 1. The van der Waals surface area contributed by atoms with E-state index >= 15 is 0 Å². The van der Waals surface area contributed by atoms with E-state index in [1.54, 1.807) is 36.4 Å². The molecule has 1 aromatic heterocycles. The standard InChI is InChI=1S/C16H11Cl2N3O3S/c17-11-6-12(18)8-13(7-11)21-9-15(19-10-21)16(22)20-25(23,24)14-4-2-1-3-5-14/h1-10H,(H,20,22). The van der Waals surface area contributed by atoms with E-state index in [2.05, 4.69) is 4.98 Å². The molecule has 3 aromatic rings. The van der Waals surface area contributed by atoms with Crippen LogP contribution < -0.4 is 4.72 Å². The highest BCUT2D eigenvalue weighted by Crippen LogP contribution is 2.22. The van der Waals surface area contributed by atoms with E-state index in [4.69, 9.17) is 23.2 Å². The molecule has 0 aliphatic heterocycles. The topological polar surface area (TPSA) is 81.1 Å². The van der Waals surface area contributed by atoms with Crippen molar-refractivity contribution in [3.63, 3.8) is 0 Å². The van der Waals surface area contributed by atoms with Crippen LogP contribution in [0.5, 0.6) is 0 Å². The highest BCUT2D eigenvalue weighted by Gasteiger charge is 2.20. The summed E-state index contributed by atoms with van der Waals surface area (Å²) in [6, 6.07) is 12.4. The van der Waals surface area contributed by atoms with E-state index in [9.17, 15) is 13.2 Å².